The minimum Gasteiger partial charge on any atom is -0.496 e. The number of sulfonamides is 1. The van der Waals surface area contributed by atoms with E-state index in [4.69, 9.17) is 4.74 Å². The van der Waals surface area contributed by atoms with Gasteiger partial charge in [0.1, 0.15) is 5.75 Å². The van der Waals surface area contributed by atoms with Crippen molar-refractivity contribution in [3.8, 4) is 5.75 Å². The average molecular weight is 410 g/mol. The van der Waals surface area contributed by atoms with Gasteiger partial charge in [0.05, 0.1) is 16.5 Å². The lowest BCUT2D eigenvalue weighted by Gasteiger charge is -2.32. The minimum atomic E-state index is -3.58. The molecule has 4 nitrogen and oxygen atoms in total. The van der Waals surface area contributed by atoms with Crippen molar-refractivity contribution in [1.29, 1.82) is 0 Å². The van der Waals surface area contributed by atoms with Crippen molar-refractivity contribution >= 4 is 26.0 Å². The van der Waals surface area contributed by atoms with Gasteiger partial charge in [-0.1, -0.05) is 24.3 Å². The SMILES string of the molecule is COc1ccc(S(=O)(=O)N(C)C2CCCc3ccccc32)cc1Br. The van der Waals surface area contributed by atoms with Crippen molar-refractivity contribution in [2.45, 2.75) is 30.2 Å². The van der Waals surface area contributed by atoms with Gasteiger partial charge in [0.2, 0.25) is 10.0 Å². The zero-order valence-corrected chi connectivity index (χ0v) is 16.1. The van der Waals surface area contributed by atoms with Gasteiger partial charge in [-0.3, -0.25) is 0 Å². The third-order valence-electron chi connectivity index (χ3n) is 4.58. The van der Waals surface area contributed by atoms with Gasteiger partial charge in [-0.05, 0) is 64.5 Å². The molecule has 1 aliphatic rings. The molecule has 0 saturated heterocycles. The lowest BCUT2D eigenvalue weighted by Crippen LogP contribution is -2.33. The molecule has 24 heavy (non-hydrogen) atoms. The van der Waals surface area contributed by atoms with E-state index in [9.17, 15) is 8.42 Å². The zero-order chi connectivity index (χ0) is 17.3. The van der Waals surface area contributed by atoms with Crippen LogP contribution >= 0.6 is 15.9 Å². The molecule has 0 amide bonds. The summed E-state index contributed by atoms with van der Waals surface area (Å²) < 4.78 is 33.4. The Hall–Kier alpha value is -1.37. The Morgan fingerprint density at radius 2 is 1.96 bits per heavy atom. The standard InChI is InChI=1S/C18H20BrNO3S/c1-20(17-9-5-7-13-6-3-4-8-15(13)17)24(21,22)14-10-11-18(23-2)16(19)12-14/h3-4,6,8,10-12,17H,5,7,9H2,1-2H3. The van der Waals surface area contributed by atoms with Crippen LogP contribution in [0.15, 0.2) is 51.8 Å². The van der Waals surface area contributed by atoms with E-state index in [-0.39, 0.29) is 10.9 Å². The Labute approximate surface area is 151 Å². The number of hydrogen-bond donors (Lipinski definition) is 0. The molecule has 0 aromatic heterocycles. The van der Waals surface area contributed by atoms with Crippen LogP contribution in [0.4, 0.5) is 0 Å². The molecular weight excluding hydrogens is 390 g/mol. The van der Waals surface area contributed by atoms with Crippen LogP contribution in [0, 0.1) is 0 Å². The van der Waals surface area contributed by atoms with Crippen LogP contribution in [-0.2, 0) is 16.4 Å². The molecule has 2 aromatic carbocycles. The number of ether oxygens (including phenoxy) is 1. The maximum absolute atomic E-state index is 13.1. The normalized spacial score (nSPS) is 17.6. The minimum absolute atomic E-state index is 0.124. The molecule has 1 atom stereocenters. The van der Waals surface area contributed by atoms with Gasteiger partial charge in [-0.25, -0.2) is 8.42 Å². The summed E-state index contributed by atoms with van der Waals surface area (Å²) in [4.78, 5) is 0.265. The predicted octanol–water partition coefficient (Wildman–Crippen LogP) is 4.16. The van der Waals surface area contributed by atoms with Gasteiger partial charge < -0.3 is 4.74 Å². The number of fused-ring (bicyclic) bond motifs is 1. The first-order valence-electron chi connectivity index (χ1n) is 7.84. The molecule has 128 valence electrons. The Bertz CT molecular complexity index is 851. The molecule has 3 rings (SSSR count). The van der Waals surface area contributed by atoms with Crippen LogP contribution in [0.5, 0.6) is 5.75 Å². The fourth-order valence-electron chi connectivity index (χ4n) is 3.25. The summed E-state index contributed by atoms with van der Waals surface area (Å²) in [5.41, 5.74) is 2.36. The maximum Gasteiger partial charge on any atom is 0.243 e. The number of rotatable bonds is 4. The second-order valence-corrected chi connectivity index (χ2v) is 8.78. The van der Waals surface area contributed by atoms with E-state index in [1.807, 2.05) is 18.2 Å². The Morgan fingerprint density at radius 3 is 2.67 bits per heavy atom. The first-order valence-corrected chi connectivity index (χ1v) is 10.1. The van der Waals surface area contributed by atoms with Crippen molar-refractivity contribution in [2.24, 2.45) is 0 Å². The molecule has 1 unspecified atom stereocenters. The largest absolute Gasteiger partial charge is 0.496 e. The second-order valence-electron chi connectivity index (χ2n) is 5.92. The summed E-state index contributed by atoms with van der Waals surface area (Å²) in [7, 11) is -0.359. The van der Waals surface area contributed by atoms with Gasteiger partial charge in [0, 0.05) is 13.1 Å². The van der Waals surface area contributed by atoms with Crippen molar-refractivity contribution in [1.82, 2.24) is 4.31 Å². The molecule has 0 spiro atoms. The fraction of sp³-hybridized carbons (Fsp3) is 0.333. The predicted molar refractivity (Wildman–Crippen MR) is 97.8 cm³/mol. The van der Waals surface area contributed by atoms with Gasteiger partial charge in [0.25, 0.3) is 0 Å². The topological polar surface area (TPSA) is 46.6 Å². The van der Waals surface area contributed by atoms with Gasteiger partial charge >= 0.3 is 0 Å². The van der Waals surface area contributed by atoms with E-state index < -0.39 is 10.0 Å². The van der Waals surface area contributed by atoms with E-state index in [2.05, 4.69) is 22.0 Å². The molecule has 0 N–H and O–H groups in total. The van der Waals surface area contributed by atoms with E-state index in [1.54, 1.807) is 32.4 Å². The molecule has 6 heteroatoms. The summed E-state index contributed by atoms with van der Waals surface area (Å²) in [6, 6.07) is 12.8. The van der Waals surface area contributed by atoms with E-state index >= 15 is 0 Å². The van der Waals surface area contributed by atoms with Gasteiger partial charge in [0.15, 0.2) is 0 Å². The van der Waals surface area contributed by atoms with Crippen molar-refractivity contribution in [2.75, 3.05) is 14.2 Å². The molecule has 0 aliphatic heterocycles. The zero-order valence-electron chi connectivity index (χ0n) is 13.7. The first-order chi connectivity index (χ1) is 11.4. The molecule has 0 heterocycles. The third kappa shape index (κ3) is 3.10. The Kier molecular flexibility index (Phi) is 4.99. The Balaban J connectivity index is 1.97. The van der Waals surface area contributed by atoms with Crippen molar-refractivity contribution < 1.29 is 13.2 Å². The van der Waals surface area contributed by atoms with Crippen LogP contribution in [0.25, 0.3) is 0 Å². The van der Waals surface area contributed by atoms with Crippen LogP contribution in [0.3, 0.4) is 0 Å². The summed E-state index contributed by atoms with van der Waals surface area (Å²) >= 11 is 3.36. The molecule has 0 bridgehead atoms. The summed E-state index contributed by atoms with van der Waals surface area (Å²) in [6.45, 7) is 0. The van der Waals surface area contributed by atoms with Crippen LogP contribution < -0.4 is 4.74 Å². The number of methoxy groups -OCH3 is 1. The number of aryl methyl sites for hydroxylation is 1. The summed E-state index contributed by atoms with van der Waals surface area (Å²) in [5, 5.41) is 0. The van der Waals surface area contributed by atoms with E-state index in [0.717, 1.165) is 24.8 Å². The number of nitrogens with zero attached hydrogens (tertiary/aromatic N) is 1. The van der Waals surface area contributed by atoms with Gasteiger partial charge in [-0.2, -0.15) is 4.31 Å². The molecule has 0 fully saturated rings. The molecule has 1 aliphatic carbocycles. The first kappa shape index (κ1) is 17.5. The lowest BCUT2D eigenvalue weighted by molar-refractivity contribution is 0.337. The molecular formula is C18H20BrNO3S. The summed E-state index contributed by atoms with van der Waals surface area (Å²) in [6.07, 6.45) is 2.84. The summed E-state index contributed by atoms with van der Waals surface area (Å²) in [5.74, 6) is 0.611. The molecule has 2 aromatic rings. The van der Waals surface area contributed by atoms with Crippen molar-refractivity contribution in [3.63, 3.8) is 0 Å². The van der Waals surface area contributed by atoms with E-state index in [1.165, 1.54) is 9.87 Å². The number of benzene rings is 2. The Morgan fingerprint density at radius 1 is 1.21 bits per heavy atom. The highest BCUT2D eigenvalue weighted by atomic mass is 79.9. The average Bonchev–Trinajstić information content (AvgIpc) is 2.60. The van der Waals surface area contributed by atoms with Crippen LogP contribution in [0.2, 0.25) is 0 Å². The van der Waals surface area contributed by atoms with Crippen molar-refractivity contribution in [3.05, 3.63) is 58.1 Å². The fourth-order valence-corrected chi connectivity index (χ4v) is 5.33. The monoisotopic (exact) mass is 409 g/mol. The van der Waals surface area contributed by atoms with Crippen LogP contribution in [0.1, 0.15) is 30.0 Å². The van der Waals surface area contributed by atoms with Crippen LogP contribution in [-0.4, -0.2) is 26.9 Å². The number of hydrogen-bond acceptors (Lipinski definition) is 3. The highest BCUT2D eigenvalue weighted by Gasteiger charge is 2.32. The van der Waals surface area contributed by atoms with E-state index in [0.29, 0.717) is 10.2 Å². The number of halogens is 1. The molecule has 0 radical (unpaired) electrons. The molecule has 0 saturated carbocycles. The third-order valence-corrected chi connectivity index (χ3v) is 7.06. The highest BCUT2D eigenvalue weighted by Crippen LogP contribution is 2.37. The maximum atomic E-state index is 13.1. The quantitative estimate of drug-likeness (QED) is 0.761. The highest BCUT2D eigenvalue weighted by molar-refractivity contribution is 9.10. The van der Waals surface area contributed by atoms with Gasteiger partial charge in [-0.15, -0.1) is 0 Å². The smallest absolute Gasteiger partial charge is 0.243 e. The second kappa shape index (κ2) is 6.86. The lowest BCUT2D eigenvalue weighted by atomic mass is 9.88.